The van der Waals surface area contributed by atoms with Crippen molar-refractivity contribution >= 4 is 19.7 Å². The summed E-state index contributed by atoms with van der Waals surface area (Å²) in [5, 5.41) is 3.06. The van der Waals surface area contributed by atoms with E-state index in [2.05, 4.69) is 62.5 Å². The molecule has 75 heavy (non-hydrogen) atoms. The Morgan fingerprint density at radius 2 is 0.813 bits per heavy atom. The molecule has 0 fully saturated rings. The fourth-order valence-corrected chi connectivity index (χ4v) is 10.00. The van der Waals surface area contributed by atoms with Crippen LogP contribution in [0.5, 0.6) is 0 Å². The standard InChI is InChI=1S/C65H123N2O7P/c1-7-10-13-16-19-22-25-27-29-30-31-32-33-34-35-36-38-40-43-46-49-52-55-58-65(69)74-63(56-53-50-47-44-41-24-21-18-15-12-9-3)62(61-73-75(70,71)72-60-59-67(4,5)6)66-64(68)57-54-51-48-45-42-39-37-28-26-23-20-17-14-11-8-2/h19,22-23,26-27,29,53,56,62-63H,7-18,20-21,24-25,28,30-52,54-55,57-61H2,1-6H3,(H-,66,68,70,71)/p+1/b22-19-,26-23-,29-27-,56-53-. The van der Waals surface area contributed by atoms with Gasteiger partial charge in [0.2, 0.25) is 5.91 Å². The quantitative estimate of drug-likeness (QED) is 0.0205. The van der Waals surface area contributed by atoms with Crippen LogP contribution in [0.15, 0.2) is 48.6 Å². The molecule has 0 saturated carbocycles. The van der Waals surface area contributed by atoms with Crippen molar-refractivity contribution in [2.75, 3.05) is 40.9 Å². The van der Waals surface area contributed by atoms with E-state index < -0.39 is 20.0 Å². The molecule has 0 radical (unpaired) electrons. The van der Waals surface area contributed by atoms with Gasteiger partial charge in [0, 0.05) is 12.8 Å². The first kappa shape index (κ1) is 73.0. The third-order valence-electron chi connectivity index (χ3n) is 14.2. The van der Waals surface area contributed by atoms with Crippen molar-refractivity contribution in [3.8, 4) is 0 Å². The summed E-state index contributed by atoms with van der Waals surface area (Å²) in [7, 11) is 1.50. The van der Waals surface area contributed by atoms with Crippen molar-refractivity contribution in [3.05, 3.63) is 48.6 Å². The average Bonchev–Trinajstić information content (AvgIpc) is 3.37. The maximum atomic E-state index is 13.5. The Hall–Kier alpha value is -2.03. The minimum absolute atomic E-state index is 0.0401. The van der Waals surface area contributed by atoms with Crippen molar-refractivity contribution in [2.24, 2.45) is 0 Å². The number of nitrogens with one attached hydrogen (secondary N) is 1. The van der Waals surface area contributed by atoms with Gasteiger partial charge in [-0.2, -0.15) is 0 Å². The summed E-state index contributed by atoms with van der Waals surface area (Å²) in [6.07, 6.45) is 68.2. The molecule has 0 saturated heterocycles. The molecule has 9 nitrogen and oxygen atoms in total. The number of unbranched alkanes of at least 4 members (excludes halogenated alkanes) is 36. The molecular formula is C65H124N2O7P+. The number of hydrogen-bond acceptors (Lipinski definition) is 6. The predicted octanol–water partition coefficient (Wildman–Crippen LogP) is 19.7. The summed E-state index contributed by atoms with van der Waals surface area (Å²) in [4.78, 5) is 37.7. The van der Waals surface area contributed by atoms with Gasteiger partial charge in [0.15, 0.2) is 0 Å². The summed E-state index contributed by atoms with van der Waals surface area (Å²) in [5.74, 6) is -0.502. The molecule has 0 aromatic heterocycles. The van der Waals surface area contributed by atoms with Gasteiger partial charge in [-0.05, 0) is 89.5 Å². The van der Waals surface area contributed by atoms with Crippen LogP contribution < -0.4 is 5.32 Å². The third-order valence-corrected chi connectivity index (χ3v) is 15.2. The number of likely N-dealkylation sites (N-methyl/N-ethyl adjacent to an activating group) is 1. The molecule has 0 aromatic carbocycles. The number of rotatable bonds is 58. The molecular weight excluding hydrogens is 952 g/mol. The molecule has 0 spiro atoms. The van der Waals surface area contributed by atoms with Gasteiger partial charge in [0.1, 0.15) is 19.3 Å². The fourth-order valence-electron chi connectivity index (χ4n) is 9.26. The van der Waals surface area contributed by atoms with Gasteiger partial charge in [-0.3, -0.25) is 18.6 Å². The lowest BCUT2D eigenvalue weighted by atomic mass is 10.0. The van der Waals surface area contributed by atoms with Crippen LogP contribution in [0.25, 0.3) is 0 Å². The van der Waals surface area contributed by atoms with E-state index in [0.717, 1.165) is 77.0 Å². The van der Waals surface area contributed by atoms with Gasteiger partial charge in [-0.25, -0.2) is 4.57 Å². The van der Waals surface area contributed by atoms with E-state index in [1.54, 1.807) is 0 Å². The van der Waals surface area contributed by atoms with Crippen molar-refractivity contribution in [2.45, 2.75) is 315 Å². The Labute approximate surface area is 465 Å². The second-order valence-electron chi connectivity index (χ2n) is 22.9. The SMILES string of the molecule is CCCCC/C=C\C/C=C\CCCCCCCCCCCCCCCC(=O)OC(/C=C\CCCCCCCCCCC)C(COP(=O)(O)OCC[N+](C)(C)C)NC(=O)CCCCCCCCC/C=C\CCCCCC. The Balaban J connectivity index is 5.11. The van der Waals surface area contributed by atoms with Crippen LogP contribution in [-0.4, -0.2) is 74.3 Å². The molecule has 440 valence electrons. The van der Waals surface area contributed by atoms with E-state index in [0.29, 0.717) is 23.9 Å². The smallest absolute Gasteiger partial charge is 0.456 e. The van der Waals surface area contributed by atoms with Crippen LogP contribution in [0, 0.1) is 0 Å². The molecule has 0 rings (SSSR count). The number of amides is 1. The molecule has 10 heteroatoms. The van der Waals surface area contributed by atoms with Crippen LogP contribution in [0.4, 0.5) is 0 Å². The largest absolute Gasteiger partial charge is 0.472 e. The van der Waals surface area contributed by atoms with Crippen molar-refractivity contribution < 1.29 is 37.3 Å². The third kappa shape index (κ3) is 56.5. The van der Waals surface area contributed by atoms with Crippen molar-refractivity contribution in [3.63, 3.8) is 0 Å². The van der Waals surface area contributed by atoms with Crippen molar-refractivity contribution in [1.29, 1.82) is 0 Å². The van der Waals surface area contributed by atoms with Gasteiger partial charge in [0.05, 0.1) is 33.8 Å². The number of nitrogens with zero attached hydrogens (tertiary/aromatic N) is 1. The number of carbonyl (C=O) groups is 2. The van der Waals surface area contributed by atoms with Gasteiger partial charge in [-0.1, -0.05) is 250 Å². The van der Waals surface area contributed by atoms with E-state index in [4.69, 9.17) is 13.8 Å². The van der Waals surface area contributed by atoms with E-state index in [1.165, 1.54) is 193 Å². The van der Waals surface area contributed by atoms with Gasteiger partial charge in [-0.15, -0.1) is 0 Å². The van der Waals surface area contributed by atoms with Crippen LogP contribution in [-0.2, 0) is 27.9 Å². The average molecular weight is 1080 g/mol. The van der Waals surface area contributed by atoms with Gasteiger partial charge < -0.3 is 19.4 Å². The maximum Gasteiger partial charge on any atom is 0.472 e. The highest BCUT2D eigenvalue weighted by atomic mass is 31.2. The molecule has 0 aliphatic heterocycles. The lowest BCUT2D eigenvalue weighted by Crippen LogP contribution is -2.47. The lowest BCUT2D eigenvalue weighted by molar-refractivity contribution is -0.870. The monoisotopic (exact) mass is 1080 g/mol. The summed E-state index contributed by atoms with van der Waals surface area (Å²) in [6, 6.07) is -0.849. The van der Waals surface area contributed by atoms with Crippen LogP contribution >= 0.6 is 7.82 Å². The second-order valence-corrected chi connectivity index (χ2v) is 24.4. The first-order valence-corrected chi connectivity index (χ1v) is 33.5. The van der Waals surface area contributed by atoms with Crippen LogP contribution in [0.2, 0.25) is 0 Å². The van der Waals surface area contributed by atoms with E-state index in [-0.39, 0.29) is 25.1 Å². The zero-order valence-corrected chi connectivity index (χ0v) is 51.2. The number of carbonyl (C=O) groups excluding carboxylic acids is 2. The number of allylic oxidation sites excluding steroid dienone is 7. The topological polar surface area (TPSA) is 111 Å². The zero-order valence-electron chi connectivity index (χ0n) is 50.3. The second kappa shape index (κ2) is 55.3. The molecule has 0 aliphatic carbocycles. The number of hydrogen-bond donors (Lipinski definition) is 2. The van der Waals surface area contributed by atoms with E-state index >= 15 is 0 Å². The van der Waals surface area contributed by atoms with Gasteiger partial charge >= 0.3 is 13.8 Å². The Kier molecular flexibility index (Phi) is 53.8. The predicted molar refractivity (Wildman–Crippen MR) is 323 cm³/mol. The number of quaternary nitrogens is 1. The molecule has 3 atom stereocenters. The molecule has 2 N–H and O–H groups in total. The highest BCUT2D eigenvalue weighted by Crippen LogP contribution is 2.43. The number of esters is 1. The Morgan fingerprint density at radius 3 is 1.25 bits per heavy atom. The summed E-state index contributed by atoms with van der Waals surface area (Å²) >= 11 is 0. The first-order chi connectivity index (χ1) is 36.4. The number of ether oxygens (including phenoxy) is 1. The Morgan fingerprint density at radius 1 is 0.467 bits per heavy atom. The van der Waals surface area contributed by atoms with E-state index in [9.17, 15) is 19.0 Å². The first-order valence-electron chi connectivity index (χ1n) is 32.0. The molecule has 0 aliphatic rings. The summed E-state index contributed by atoms with van der Waals surface area (Å²) in [6.45, 7) is 6.99. The molecule has 3 unspecified atom stereocenters. The lowest BCUT2D eigenvalue weighted by Gasteiger charge is -2.27. The van der Waals surface area contributed by atoms with Gasteiger partial charge in [0.25, 0.3) is 0 Å². The highest BCUT2D eigenvalue weighted by molar-refractivity contribution is 7.47. The van der Waals surface area contributed by atoms with E-state index in [1.807, 2.05) is 33.3 Å². The number of phosphoric acid groups is 1. The molecule has 0 aromatic rings. The van der Waals surface area contributed by atoms with Crippen LogP contribution in [0.1, 0.15) is 303 Å². The number of phosphoric ester groups is 1. The zero-order chi connectivity index (χ0) is 55.0. The Bertz CT molecular complexity index is 1420. The normalized spacial score (nSPS) is 14.0. The van der Waals surface area contributed by atoms with Crippen molar-refractivity contribution in [1.82, 2.24) is 5.32 Å². The highest BCUT2D eigenvalue weighted by Gasteiger charge is 2.30. The molecule has 0 heterocycles. The summed E-state index contributed by atoms with van der Waals surface area (Å²) < 4.78 is 30.7. The molecule has 0 bridgehead atoms. The van der Waals surface area contributed by atoms with Crippen LogP contribution in [0.3, 0.4) is 0 Å². The maximum absolute atomic E-state index is 13.5. The minimum atomic E-state index is -4.45. The summed E-state index contributed by atoms with van der Waals surface area (Å²) in [5.41, 5.74) is 0. The molecule has 1 amide bonds. The fraction of sp³-hybridized carbons (Fsp3) is 0.846. The minimum Gasteiger partial charge on any atom is -0.456 e.